The van der Waals surface area contributed by atoms with Gasteiger partial charge in [0.1, 0.15) is 11.6 Å². The minimum atomic E-state index is -0.681. The van der Waals surface area contributed by atoms with E-state index in [0.717, 1.165) is 12.0 Å². The van der Waals surface area contributed by atoms with Gasteiger partial charge in [-0.2, -0.15) is 0 Å². The molecule has 0 saturated carbocycles. The van der Waals surface area contributed by atoms with Crippen LogP contribution in [0.25, 0.3) is 11.3 Å². The quantitative estimate of drug-likeness (QED) is 0.374. The molecule has 1 atom stereocenters. The van der Waals surface area contributed by atoms with Crippen LogP contribution in [0.15, 0.2) is 66.0 Å². The van der Waals surface area contributed by atoms with E-state index in [0.29, 0.717) is 47.1 Å². The molecule has 2 aromatic carbocycles. The van der Waals surface area contributed by atoms with E-state index in [9.17, 15) is 13.6 Å². The van der Waals surface area contributed by atoms with Gasteiger partial charge in [0.05, 0.1) is 23.5 Å². The van der Waals surface area contributed by atoms with Crippen LogP contribution in [0.2, 0.25) is 0 Å². The number of nitrogens with two attached hydrogens (primary N) is 1. The molecule has 1 saturated heterocycles. The Balaban J connectivity index is 1.25. The van der Waals surface area contributed by atoms with Crippen LogP contribution in [0.3, 0.4) is 0 Å². The van der Waals surface area contributed by atoms with Gasteiger partial charge in [0.25, 0.3) is 5.91 Å². The van der Waals surface area contributed by atoms with Gasteiger partial charge in [-0.15, -0.1) is 0 Å². The minimum absolute atomic E-state index is 0.0471. The average Bonchev–Trinajstić information content (AvgIpc) is 3.49. The summed E-state index contributed by atoms with van der Waals surface area (Å²) in [5.74, 6) is -1.07. The molecule has 38 heavy (non-hydrogen) atoms. The molecule has 0 aliphatic carbocycles. The maximum Gasteiger partial charge on any atom is 0.253 e. The van der Waals surface area contributed by atoms with Gasteiger partial charge >= 0.3 is 0 Å². The van der Waals surface area contributed by atoms with E-state index >= 15 is 0 Å². The Bertz CT molecular complexity index is 1560. The maximum absolute atomic E-state index is 14.6. The molecular weight excluding hydrogens is 488 g/mol. The molecule has 6 rings (SSSR count). The van der Waals surface area contributed by atoms with E-state index in [1.54, 1.807) is 47.8 Å². The SMILES string of the molecule is CC1(N)CCN(C(=O)c2ccc(Nc3ncc4c(n3)-c3c[nH]cc3C(c3c(F)cccc3F)=NC4)cc2)C1. The molecule has 4 aromatic rings. The number of aromatic nitrogens is 3. The molecule has 0 spiro atoms. The van der Waals surface area contributed by atoms with Crippen LogP contribution in [0, 0.1) is 11.6 Å². The van der Waals surface area contributed by atoms with Crippen molar-refractivity contribution in [3.05, 3.63) is 94.9 Å². The van der Waals surface area contributed by atoms with Gasteiger partial charge < -0.3 is 20.9 Å². The number of amides is 1. The first-order valence-electron chi connectivity index (χ1n) is 12.3. The number of benzene rings is 2. The number of carbonyl (C=O) groups is 1. The zero-order valence-corrected chi connectivity index (χ0v) is 20.6. The standard InChI is InChI=1S/C28H25F2N7O/c1-28(31)9-10-37(15-28)26(38)16-5-7-18(8-6-16)35-27-34-12-17-11-33-25(23-21(29)3-2-4-22(23)30)20-14-32-13-19(20)24(17)36-27/h2-8,12-14,32H,9-11,15,31H2,1H3,(H,34,35,36). The Morgan fingerprint density at radius 3 is 2.55 bits per heavy atom. The summed E-state index contributed by atoms with van der Waals surface area (Å²) in [6.07, 6.45) is 5.82. The van der Waals surface area contributed by atoms with Crippen molar-refractivity contribution < 1.29 is 13.6 Å². The third kappa shape index (κ3) is 4.32. The number of hydrogen-bond acceptors (Lipinski definition) is 6. The molecule has 1 amide bonds. The molecule has 0 bridgehead atoms. The highest BCUT2D eigenvalue weighted by atomic mass is 19.1. The fourth-order valence-electron chi connectivity index (χ4n) is 4.92. The topological polar surface area (TPSA) is 112 Å². The van der Waals surface area contributed by atoms with E-state index < -0.39 is 11.6 Å². The lowest BCUT2D eigenvalue weighted by Gasteiger charge is -2.20. The van der Waals surface area contributed by atoms with Crippen molar-refractivity contribution in [2.45, 2.75) is 25.4 Å². The minimum Gasteiger partial charge on any atom is -0.366 e. The van der Waals surface area contributed by atoms with Crippen molar-refractivity contribution in [1.29, 1.82) is 0 Å². The molecule has 8 nitrogen and oxygen atoms in total. The second-order valence-electron chi connectivity index (χ2n) is 9.94. The number of H-pyrrole nitrogens is 1. The highest BCUT2D eigenvalue weighted by molar-refractivity contribution is 6.17. The number of fused-ring (bicyclic) bond motifs is 3. The van der Waals surface area contributed by atoms with Crippen molar-refractivity contribution in [1.82, 2.24) is 19.9 Å². The molecule has 1 fully saturated rings. The highest BCUT2D eigenvalue weighted by Gasteiger charge is 2.33. The number of carbonyl (C=O) groups excluding carboxylic acids is 1. The number of nitrogens with zero attached hydrogens (tertiary/aromatic N) is 4. The lowest BCUT2D eigenvalue weighted by atomic mass is 9.99. The lowest BCUT2D eigenvalue weighted by molar-refractivity contribution is 0.0785. The van der Waals surface area contributed by atoms with Gasteiger partial charge in [-0.1, -0.05) is 6.07 Å². The monoisotopic (exact) mass is 513 g/mol. The van der Waals surface area contributed by atoms with E-state index in [2.05, 4.69) is 20.3 Å². The molecule has 4 heterocycles. The molecule has 2 aliphatic heterocycles. The summed E-state index contributed by atoms with van der Waals surface area (Å²) < 4.78 is 29.2. The van der Waals surface area contributed by atoms with Gasteiger partial charge in [-0.3, -0.25) is 9.79 Å². The summed E-state index contributed by atoms with van der Waals surface area (Å²) in [6, 6.07) is 10.9. The molecule has 10 heteroatoms. The predicted octanol–water partition coefficient (Wildman–Crippen LogP) is 4.41. The number of halogens is 2. The summed E-state index contributed by atoms with van der Waals surface area (Å²) in [6.45, 7) is 3.30. The van der Waals surface area contributed by atoms with Gasteiger partial charge in [0, 0.05) is 65.2 Å². The van der Waals surface area contributed by atoms with Gasteiger partial charge in [-0.25, -0.2) is 18.7 Å². The number of likely N-dealkylation sites (tertiary alicyclic amines) is 1. The third-order valence-corrected chi connectivity index (χ3v) is 6.91. The fraction of sp³-hybridized carbons (Fsp3) is 0.214. The average molecular weight is 514 g/mol. The third-order valence-electron chi connectivity index (χ3n) is 6.91. The van der Waals surface area contributed by atoms with Gasteiger partial charge in [0.2, 0.25) is 5.95 Å². The summed E-state index contributed by atoms with van der Waals surface area (Å²) in [7, 11) is 0. The molecule has 4 N–H and O–H groups in total. The maximum atomic E-state index is 14.6. The number of aromatic amines is 1. The van der Waals surface area contributed by atoms with Crippen molar-refractivity contribution in [3.63, 3.8) is 0 Å². The molecule has 2 aliphatic rings. The Hall–Kier alpha value is -4.44. The normalized spacial score (nSPS) is 18.4. The van der Waals surface area contributed by atoms with Crippen molar-refractivity contribution in [2.24, 2.45) is 10.7 Å². The largest absolute Gasteiger partial charge is 0.366 e. The first-order valence-corrected chi connectivity index (χ1v) is 12.3. The van der Waals surface area contributed by atoms with Crippen LogP contribution in [0.5, 0.6) is 0 Å². The predicted molar refractivity (Wildman–Crippen MR) is 140 cm³/mol. The van der Waals surface area contributed by atoms with Crippen molar-refractivity contribution in [2.75, 3.05) is 18.4 Å². The highest BCUT2D eigenvalue weighted by Crippen LogP contribution is 2.33. The Morgan fingerprint density at radius 1 is 1.11 bits per heavy atom. The molecule has 192 valence electrons. The van der Waals surface area contributed by atoms with E-state index in [1.165, 1.54) is 18.2 Å². The summed E-state index contributed by atoms with van der Waals surface area (Å²) in [5.41, 5.74) is 9.70. The zero-order valence-electron chi connectivity index (χ0n) is 20.6. The number of hydrogen-bond donors (Lipinski definition) is 3. The number of rotatable bonds is 4. The summed E-state index contributed by atoms with van der Waals surface area (Å²) >= 11 is 0. The number of nitrogens with one attached hydrogen (secondary N) is 2. The van der Waals surface area contributed by atoms with E-state index in [4.69, 9.17) is 10.7 Å². The first kappa shape index (κ1) is 23.9. The molecular formula is C28H25F2N7O. The smallest absolute Gasteiger partial charge is 0.253 e. The van der Waals surface area contributed by atoms with Gasteiger partial charge in [0.15, 0.2) is 0 Å². The summed E-state index contributed by atoms with van der Waals surface area (Å²) in [4.78, 5) is 31.2. The second kappa shape index (κ2) is 9.14. The van der Waals surface area contributed by atoms with Crippen molar-refractivity contribution in [3.8, 4) is 11.3 Å². The first-order chi connectivity index (χ1) is 18.3. The van der Waals surface area contributed by atoms with Gasteiger partial charge in [-0.05, 0) is 49.7 Å². The number of anilines is 2. The van der Waals surface area contributed by atoms with Crippen LogP contribution in [-0.4, -0.2) is 50.1 Å². The van der Waals surface area contributed by atoms with Crippen LogP contribution >= 0.6 is 0 Å². The molecule has 0 radical (unpaired) electrons. The van der Waals surface area contributed by atoms with Crippen LogP contribution in [-0.2, 0) is 6.54 Å². The Kier molecular flexibility index (Phi) is 5.76. The molecule has 2 aromatic heterocycles. The fourth-order valence-corrected chi connectivity index (χ4v) is 4.92. The van der Waals surface area contributed by atoms with Crippen LogP contribution in [0.1, 0.15) is 40.4 Å². The zero-order chi connectivity index (χ0) is 26.4. The van der Waals surface area contributed by atoms with E-state index in [-0.39, 0.29) is 29.3 Å². The van der Waals surface area contributed by atoms with Crippen LogP contribution in [0.4, 0.5) is 20.4 Å². The Morgan fingerprint density at radius 2 is 1.84 bits per heavy atom. The van der Waals surface area contributed by atoms with E-state index in [1.807, 2.05) is 6.92 Å². The molecule has 1 unspecified atom stereocenters. The Labute approximate surface area is 217 Å². The number of aliphatic imine (C=N–C) groups is 1. The lowest BCUT2D eigenvalue weighted by Crippen LogP contribution is -2.40. The van der Waals surface area contributed by atoms with Crippen molar-refractivity contribution >= 4 is 23.3 Å². The summed E-state index contributed by atoms with van der Waals surface area (Å²) in [5, 5.41) is 3.17. The van der Waals surface area contributed by atoms with Crippen LogP contribution < -0.4 is 11.1 Å². The second-order valence-corrected chi connectivity index (χ2v) is 9.94.